The van der Waals surface area contributed by atoms with Crippen LogP contribution in [0.5, 0.6) is 0 Å². The van der Waals surface area contributed by atoms with Gasteiger partial charge in [0.1, 0.15) is 11.5 Å². The number of carbonyl (C=O) groups excluding carboxylic acids is 2. The molecule has 7 heteroatoms. The van der Waals surface area contributed by atoms with Gasteiger partial charge >= 0.3 is 0 Å². The van der Waals surface area contributed by atoms with Crippen LogP contribution in [-0.4, -0.2) is 16.7 Å². The molecule has 1 aromatic heterocycles. The summed E-state index contributed by atoms with van der Waals surface area (Å²) in [5.41, 5.74) is 1.06. The number of nitrogens with one attached hydrogen (secondary N) is 2. The van der Waals surface area contributed by atoms with E-state index in [4.69, 9.17) is 23.2 Å². The van der Waals surface area contributed by atoms with Crippen LogP contribution in [-0.2, 0) is 0 Å². The van der Waals surface area contributed by atoms with E-state index in [0.29, 0.717) is 11.1 Å². The number of H-pyrrole nitrogens is 1. The van der Waals surface area contributed by atoms with Crippen LogP contribution in [0.2, 0.25) is 10.0 Å². The van der Waals surface area contributed by atoms with Crippen molar-refractivity contribution in [2.24, 2.45) is 0 Å². The molecule has 1 amide bonds. The first-order chi connectivity index (χ1) is 10.3. The molecule has 1 heterocycles. The van der Waals surface area contributed by atoms with Gasteiger partial charge in [-0.25, -0.2) is 4.39 Å². The Kier molecular flexibility index (Phi) is 4.88. The Morgan fingerprint density at radius 2 is 1.91 bits per heavy atom. The van der Waals surface area contributed by atoms with Gasteiger partial charge in [-0.2, -0.15) is 0 Å². The van der Waals surface area contributed by atoms with Gasteiger partial charge in [-0.15, -0.1) is 0 Å². The van der Waals surface area contributed by atoms with E-state index in [-0.39, 0.29) is 21.5 Å². The van der Waals surface area contributed by atoms with E-state index >= 15 is 0 Å². The average molecular weight is 343 g/mol. The molecule has 0 aliphatic rings. The van der Waals surface area contributed by atoms with E-state index in [1.165, 1.54) is 31.3 Å². The third-order valence-corrected chi connectivity index (χ3v) is 3.80. The van der Waals surface area contributed by atoms with Crippen molar-refractivity contribution in [3.8, 4) is 0 Å². The summed E-state index contributed by atoms with van der Waals surface area (Å²) in [7, 11) is 0. The molecule has 0 radical (unpaired) electrons. The van der Waals surface area contributed by atoms with Crippen molar-refractivity contribution >= 4 is 34.9 Å². The maximum Gasteiger partial charge on any atom is 0.268 e. The topological polar surface area (TPSA) is 62.0 Å². The van der Waals surface area contributed by atoms with E-state index < -0.39 is 17.8 Å². The summed E-state index contributed by atoms with van der Waals surface area (Å²) >= 11 is 11.7. The van der Waals surface area contributed by atoms with Crippen LogP contribution >= 0.6 is 23.2 Å². The van der Waals surface area contributed by atoms with E-state index in [0.717, 1.165) is 0 Å². The first-order valence-electron chi connectivity index (χ1n) is 6.44. The fraction of sp³-hybridized carbons (Fsp3) is 0.200. The Labute approximate surface area is 136 Å². The summed E-state index contributed by atoms with van der Waals surface area (Å²) in [5.74, 6) is -1.18. The number of rotatable bonds is 4. The summed E-state index contributed by atoms with van der Waals surface area (Å²) in [5, 5.41) is 2.86. The number of Topliss-reactive ketones (excluding diaryl/α,β-unsaturated/α-hetero) is 1. The van der Waals surface area contributed by atoms with Gasteiger partial charge in [0.15, 0.2) is 5.78 Å². The number of halogens is 3. The minimum Gasteiger partial charge on any atom is -0.356 e. The summed E-state index contributed by atoms with van der Waals surface area (Å²) in [6.07, 6.45) is 1.46. The Hall–Kier alpha value is -1.85. The lowest BCUT2D eigenvalue weighted by Crippen LogP contribution is -2.27. The van der Waals surface area contributed by atoms with Crippen molar-refractivity contribution in [3.63, 3.8) is 0 Å². The molecule has 0 unspecified atom stereocenters. The summed E-state index contributed by atoms with van der Waals surface area (Å²) in [6, 6.07) is 3.40. The highest BCUT2D eigenvalue weighted by Crippen LogP contribution is 2.28. The van der Waals surface area contributed by atoms with E-state index in [9.17, 15) is 14.0 Å². The molecule has 22 heavy (non-hydrogen) atoms. The highest BCUT2D eigenvalue weighted by atomic mass is 35.5. The average Bonchev–Trinajstić information content (AvgIpc) is 2.92. The first-order valence-corrected chi connectivity index (χ1v) is 7.20. The lowest BCUT2D eigenvalue weighted by Gasteiger charge is -2.16. The number of aromatic nitrogens is 1. The molecule has 1 aromatic carbocycles. The van der Waals surface area contributed by atoms with Gasteiger partial charge in [0.2, 0.25) is 0 Å². The lowest BCUT2D eigenvalue weighted by molar-refractivity contribution is 0.0935. The van der Waals surface area contributed by atoms with Crippen molar-refractivity contribution in [2.75, 3.05) is 0 Å². The number of hydrogen-bond donors (Lipinski definition) is 2. The summed E-state index contributed by atoms with van der Waals surface area (Å²) in [4.78, 5) is 26.0. The molecular formula is C15H13Cl2FN2O2. The monoisotopic (exact) mass is 342 g/mol. The predicted octanol–water partition coefficient (Wildman–Crippen LogP) is 4.15. The first kappa shape index (κ1) is 16.5. The quantitative estimate of drug-likeness (QED) is 0.647. The highest BCUT2D eigenvalue weighted by molar-refractivity contribution is 6.35. The third kappa shape index (κ3) is 3.48. The van der Waals surface area contributed by atoms with E-state index in [1.54, 1.807) is 6.92 Å². The van der Waals surface area contributed by atoms with Crippen LogP contribution in [0.15, 0.2) is 24.4 Å². The van der Waals surface area contributed by atoms with Crippen molar-refractivity contribution in [1.82, 2.24) is 10.3 Å². The van der Waals surface area contributed by atoms with Crippen molar-refractivity contribution < 1.29 is 14.0 Å². The van der Waals surface area contributed by atoms with Gasteiger partial charge in [0.25, 0.3) is 5.91 Å². The molecule has 116 valence electrons. The van der Waals surface area contributed by atoms with Crippen LogP contribution in [0.25, 0.3) is 0 Å². The second-order valence-corrected chi connectivity index (χ2v) is 5.66. The molecule has 0 aliphatic carbocycles. The van der Waals surface area contributed by atoms with E-state index in [1.807, 2.05) is 0 Å². The fourth-order valence-corrected chi connectivity index (χ4v) is 2.50. The zero-order valence-corrected chi connectivity index (χ0v) is 13.3. The standard InChI is InChI=1S/C15H13Cl2FN2O2/c1-7(10-4-13(18)12(17)5-11(10)16)20-15(22)14-3-9(6-19-14)8(2)21/h3-7,19H,1-2H3,(H,20,22)/t7-/m0/s1. The number of aromatic amines is 1. The van der Waals surface area contributed by atoms with Crippen molar-refractivity contribution in [2.45, 2.75) is 19.9 Å². The Bertz CT molecular complexity index is 743. The zero-order chi connectivity index (χ0) is 16.4. The Balaban J connectivity index is 2.17. The second-order valence-electron chi connectivity index (χ2n) is 4.84. The maximum atomic E-state index is 13.5. The molecule has 1 atom stereocenters. The second kappa shape index (κ2) is 6.50. The number of benzene rings is 1. The highest BCUT2D eigenvalue weighted by Gasteiger charge is 2.17. The Morgan fingerprint density at radius 1 is 1.23 bits per heavy atom. The van der Waals surface area contributed by atoms with E-state index in [2.05, 4.69) is 10.3 Å². The number of hydrogen-bond acceptors (Lipinski definition) is 2. The molecule has 4 nitrogen and oxygen atoms in total. The van der Waals surface area contributed by atoms with Crippen LogP contribution in [0.3, 0.4) is 0 Å². The smallest absolute Gasteiger partial charge is 0.268 e. The number of ketones is 1. The number of carbonyl (C=O) groups is 2. The molecule has 0 fully saturated rings. The molecule has 0 saturated carbocycles. The molecule has 2 aromatic rings. The molecular weight excluding hydrogens is 330 g/mol. The molecule has 0 bridgehead atoms. The zero-order valence-electron chi connectivity index (χ0n) is 11.8. The van der Waals surface area contributed by atoms with Crippen LogP contribution in [0, 0.1) is 5.82 Å². The molecule has 0 spiro atoms. The van der Waals surface area contributed by atoms with Gasteiger partial charge < -0.3 is 10.3 Å². The SMILES string of the molecule is CC(=O)c1c[nH]c(C(=O)N[C@@H](C)c2cc(F)c(Cl)cc2Cl)c1. The van der Waals surface area contributed by atoms with Crippen LogP contribution in [0.1, 0.15) is 46.3 Å². The van der Waals surface area contributed by atoms with Gasteiger partial charge in [0.05, 0.1) is 11.1 Å². The van der Waals surface area contributed by atoms with Gasteiger partial charge in [-0.05, 0) is 37.6 Å². The van der Waals surface area contributed by atoms with Crippen molar-refractivity contribution in [1.29, 1.82) is 0 Å². The van der Waals surface area contributed by atoms with Gasteiger partial charge in [-0.3, -0.25) is 9.59 Å². The molecule has 2 rings (SSSR count). The van der Waals surface area contributed by atoms with Crippen LogP contribution < -0.4 is 5.32 Å². The van der Waals surface area contributed by atoms with Crippen molar-refractivity contribution in [3.05, 3.63) is 57.1 Å². The number of amides is 1. The largest absolute Gasteiger partial charge is 0.356 e. The minimum absolute atomic E-state index is 0.0808. The molecule has 2 N–H and O–H groups in total. The Morgan fingerprint density at radius 3 is 2.50 bits per heavy atom. The normalized spacial score (nSPS) is 12.0. The lowest BCUT2D eigenvalue weighted by atomic mass is 10.1. The minimum atomic E-state index is -0.610. The fourth-order valence-electron chi connectivity index (χ4n) is 1.95. The summed E-state index contributed by atoms with van der Waals surface area (Å²) < 4.78 is 13.5. The maximum absolute atomic E-state index is 13.5. The van der Waals surface area contributed by atoms with Gasteiger partial charge in [-0.1, -0.05) is 23.2 Å². The molecule has 0 aliphatic heterocycles. The third-order valence-electron chi connectivity index (χ3n) is 3.19. The van der Waals surface area contributed by atoms with Gasteiger partial charge in [0, 0.05) is 16.8 Å². The molecule has 0 saturated heterocycles. The van der Waals surface area contributed by atoms with Crippen LogP contribution in [0.4, 0.5) is 4.39 Å². The summed E-state index contributed by atoms with van der Waals surface area (Å²) in [6.45, 7) is 3.07. The predicted molar refractivity (Wildman–Crippen MR) is 83.1 cm³/mol.